The third-order valence-corrected chi connectivity index (χ3v) is 3.19. The van der Waals surface area contributed by atoms with E-state index in [0.717, 1.165) is 12.2 Å². The Morgan fingerprint density at radius 2 is 2.05 bits per heavy atom. The number of carbonyl (C=O) groups excluding carboxylic acids is 1. The standard InChI is InChI=1S/C15H20N4O/c1-18(13-6-4-3-5-7-13)9-8-17-15(20)14-10-12(16)11-19(14)2/h3-7,10-11H,8-9,16H2,1-2H3,(H,17,20). The maximum absolute atomic E-state index is 12.0. The van der Waals surface area contributed by atoms with Gasteiger partial charge in [0.05, 0.1) is 5.69 Å². The number of benzene rings is 1. The van der Waals surface area contributed by atoms with Gasteiger partial charge in [-0.2, -0.15) is 0 Å². The van der Waals surface area contributed by atoms with Gasteiger partial charge in [0.1, 0.15) is 5.69 Å². The Morgan fingerprint density at radius 3 is 2.65 bits per heavy atom. The molecule has 20 heavy (non-hydrogen) atoms. The van der Waals surface area contributed by atoms with Crippen LogP contribution in [0, 0.1) is 0 Å². The van der Waals surface area contributed by atoms with Gasteiger partial charge in [-0.1, -0.05) is 18.2 Å². The van der Waals surface area contributed by atoms with Crippen molar-refractivity contribution in [2.45, 2.75) is 0 Å². The molecule has 1 amide bonds. The second-order valence-corrected chi connectivity index (χ2v) is 4.78. The van der Waals surface area contributed by atoms with E-state index in [1.54, 1.807) is 23.9 Å². The van der Waals surface area contributed by atoms with Crippen LogP contribution >= 0.6 is 0 Å². The van der Waals surface area contributed by atoms with Crippen molar-refractivity contribution in [3.63, 3.8) is 0 Å². The fraction of sp³-hybridized carbons (Fsp3) is 0.267. The van der Waals surface area contributed by atoms with Crippen LogP contribution in [0.4, 0.5) is 11.4 Å². The molecular weight excluding hydrogens is 252 g/mol. The minimum Gasteiger partial charge on any atom is -0.397 e. The highest BCUT2D eigenvalue weighted by molar-refractivity contribution is 5.93. The first-order valence-electron chi connectivity index (χ1n) is 6.54. The van der Waals surface area contributed by atoms with E-state index < -0.39 is 0 Å². The lowest BCUT2D eigenvalue weighted by Gasteiger charge is -2.19. The van der Waals surface area contributed by atoms with Crippen LogP contribution in [0.5, 0.6) is 0 Å². The molecule has 2 rings (SSSR count). The van der Waals surface area contributed by atoms with Crippen LogP contribution in [0.3, 0.4) is 0 Å². The summed E-state index contributed by atoms with van der Waals surface area (Å²) in [5, 5.41) is 2.90. The number of aromatic nitrogens is 1. The summed E-state index contributed by atoms with van der Waals surface area (Å²) in [7, 11) is 3.81. The van der Waals surface area contributed by atoms with Crippen LogP contribution in [0.15, 0.2) is 42.6 Å². The van der Waals surface area contributed by atoms with Crippen molar-refractivity contribution in [3.8, 4) is 0 Å². The second kappa shape index (κ2) is 6.14. The van der Waals surface area contributed by atoms with Crippen molar-refractivity contribution in [2.75, 3.05) is 30.8 Å². The Morgan fingerprint density at radius 1 is 1.35 bits per heavy atom. The number of likely N-dealkylation sites (N-methyl/N-ethyl adjacent to an activating group) is 1. The molecule has 0 fully saturated rings. The minimum atomic E-state index is -0.106. The lowest BCUT2D eigenvalue weighted by Crippen LogP contribution is -2.33. The fourth-order valence-corrected chi connectivity index (χ4v) is 2.06. The van der Waals surface area contributed by atoms with Crippen molar-refractivity contribution in [3.05, 3.63) is 48.3 Å². The van der Waals surface area contributed by atoms with Gasteiger partial charge in [-0.25, -0.2) is 0 Å². The molecule has 106 valence electrons. The Hall–Kier alpha value is -2.43. The van der Waals surface area contributed by atoms with E-state index in [-0.39, 0.29) is 5.91 Å². The number of rotatable bonds is 5. The van der Waals surface area contributed by atoms with Crippen molar-refractivity contribution in [1.29, 1.82) is 0 Å². The zero-order chi connectivity index (χ0) is 14.5. The van der Waals surface area contributed by atoms with E-state index in [9.17, 15) is 4.79 Å². The average molecular weight is 272 g/mol. The predicted molar refractivity (Wildman–Crippen MR) is 81.9 cm³/mol. The molecule has 1 aromatic carbocycles. The first-order chi connectivity index (χ1) is 9.58. The largest absolute Gasteiger partial charge is 0.397 e. The van der Waals surface area contributed by atoms with Crippen molar-refractivity contribution in [1.82, 2.24) is 9.88 Å². The highest BCUT2D eigenvalue weighted by Gasteiger charge is 2.10. The second-order valence-electron chi connectivity index (χ2n) is 4.78. The number of amides is 1. The molecule has 0 aliphatic carbocycles. The molecule has 5 heteroatoms. The lowest BCUT2D eigenvalue weighted by atomic mass is 10.3. The molecule has 2 aromatic rings. The van der Waals surface area contributed by atoms with Gasteiger partial charge in [0.2, 0.25) is 0 Å². The summed E-state index contributed by atoms with van der Waals surface area (Å²) in [6, 6.07) is 11.7. The maximum atomic E-state index is 12.0. The summed E-state index contributed by atoms with van der Waals surface area (Å²) < 4.78 is 1.73. The molecule has 0 spiro atoms. The van der Waals surface area contributed by atoms with Gasteiger partial charge in [0, 0.05) is 39.1 Å². The summed E-state index contributed by atoms with van der Waals surface area (Å²) in [4.78, 5) is 14.1. The van der Waals surface area contributed by atoms with Crippen molar-refractivity contribution >= 4 is 17.3 Å². The van der Waals surface area contributed by atoms with Crippen LogP contribution < -0.4 is 16.0 Å². The number of nitrogens with two attached hydrogens (primary N) is 1. The van der Waals surface area contributed by atoms with Gasteiger partial charge in [0.15, 0.2) is 0 Å². The zero-order valence-corrected chi connectivity index (χ0v) is 11.8. The average Bonchev–Trinajstić information content (AvgIpc) is 2.78. The molecule has 0 atom stereocenters. The number of hydrogen-bond acceptors (Lipinski definition) is 3. The van der Waals surface area contributed by atoms with E-state index in [0.29, 0.717) is 17.9 Å². The normalized spacial score (nSPS) is 10.3. The number of hydrogen-bond donors (Lipinski definition) is 2. The SMILES string of the molecule is CN(CCNC(=O)c1cc(N)cn1C)c1ccccc1. The molecular formula is C15H20N4O. The number of nitrogens with zero attached hydrogens (tertiary/aromatic N) is 2. The first kappa shape index (κ1) is 14.0. The highest BCUT2D eigenvalue weighted by Crippen LogP contribution is 2.10. The van der Waals surface area contributed by atoms with Gasteiger partial charge < -0.3 is 20.5 Å². The number of nitrogen functional groups attached to an aromatic ring is 1. The molecule has 0 saturated carbocycles. The fourth-order valence-electron chi connectivity index (χ4n) is 2.06. The summed E-state index contributed by atoms with van der Waals surface area (Å²) in [5.41, 5.74) is 7.96. The van der Waals surface area contributed by atoms with Gasteiger partial charge in [0.25, 0.3) is 5.91 Å². The molecule has 1 heterocycles. The monoisotopic (exact) mass is 272 g/mol. The third kappa shape index (κ3) is 3.32. The van der Waals surface area contributed by atoms with E-state index in [1.165, 1.54) is 0 Å². The molecule has 0 bridgehead atoms. The summed E-state index contributed by atoms with van der Waals surface area (Å²) in [6.45, 7) is 1.32. The van der Waals surface area contributed by atoms with Gasteiger partial charge >= 0.3 is 0 Å². The third-order valence-electron chi connectivity index (χ3n) is 3.19. The first-order valence-corrected chi connectivity index (χ1v) is 6.54. The van der Waals surface area contributed by atoms with E-state index in [2.05, 4.69) is 10.2 Å². The molecule has 0 unspecified atom stereocenters. The maximum Gasteiger partial charge on any atom is 0.268 e. The van der Waals surface area contributed by atoms with Crippen LogP contribution in [-0.2, 0) is 7.05 Å². The number of para-hydroxylation sites is 1. The van der Waals surface area contributed by atoms with E-state index in [1.807, 2.05) is 37.4 Å². The predicted octanol–water partition coefficient (Wildman–Crippen LogP) is 1.47. The minimum absolute atomic E-state index is 0.106. The van der Waals surface area contributed by atoms with Crippen LogP contribution in [0.2, 0.25) is 0 Å². The highest BCUT2D eigenvalue weighted by atomic mass is 16.1. The quantitative estimate of drug-likeness (QED) is 0.866. The molecule has 1 aromatic heterocycles. The molecule has 0 aliphatic rings. The van der Waals surface area contributed by atoms with Crippen LogP contribution in [-0.4, -0.2) is 30.6 Å². The van der Waals surface area contributed by atoms with Crippen LogP contribution in [0.1, 0.15) is 10.5 Å². The molecule has 0 saturated heterocycles. The number of nitrogens with one attached hydrogen (secondary N) is 1. The number of anilines is 2. The van der Waals surface area contributed by atoms with Crippen molar-refractivity contribution < 1.29 is 4.79 Å². The summed E-state index contributed by atoms with van der Waals surface area (Å²) in [6.07, 6.45) is 1.73. The Kier molecular flexibility index (Phi) is 4.30. The molecule has 0 radical (unpaired) electrons. The van der Waals surface area contributed by atoms with Crippen LogP contribution in [0.25, 0.3) is 0 Å². The Balaban J connectivity index is 1.84. The van der Waals surface area contributed by atoms with Gasteiger partial charge in [-0.3, -0.25) is 4.79 Å². The van der Waals surface area contributed by atoms with Gasteiger partial charge in [-0.05, 0) is 18.2 Å². The topological polar surface area (TPSA) is 63.3 Å². The Bertz CT molecular complexity index is 577. The lowest BCUT2D eigenvalue weighted by molar-refractivity contribution is 0.0946. The van der Waals surface area contributed by atoms with E-state index >= 15 is 0 Å². The molecule has 3 N–H and O–H groups in total. The van der Waals surface area contributed by atoms with Crippen molar-refractivity contribution in [2.24, 2.45) is 7.05 Å². The van der Waals surface area contributed by atoms with E-state index in [4.69, 9.17) is 5.73 Å². The summed E-state index contributed by atoms with van der Waals surface area (Å²) >= 11 is 0. The summed E-state index contributed by atoms with van der Waals surface area (Å²) in [5.74, 6) is -0.106. The van der Waals surface area contributed by atoms with Gasteiger partial charge in [-0.15, -0.1) is 0 Å². The zero-order valence-electron chi connectivity index (χ0n) is 11.8. The smallest absolute Gasteiger partial charge is 0.268 e. The Labute approximate surface area is 119 Å². The molecule has 5 nitrogen and oxygen atoms in total. The number of carbonyl (C=O) groups is 1. The number of aryl methyl sites for hydroxylation is 1. The molecule has 0 aliphatic heterocycles.